The third-order valence-electron chi connectivity index (χ3n) is 4.96. The van der Waals surface area contributed by atoms with Gasteiger partial charge in [0.1, 0.15) is 0 Å². The van der Waals surface area contributed by atoms with E-state index in [2.05, 4.69) is 38.1 Å². The number of rotatable bonds is 4. The summed E-state index contributed by atoms with van der Waals surface area (Å²) in [6.45, 7) is 4.59. The van der Waals surface area contributed by atoms with E-state index in [0.717, 1.165) is 23.7 Å². The Balaban J connectivity index is 1.69. The molecule has 18 heavy (non-hydrogen) atoms. The van der Waals surface area contributed by atoms with Gasteiger partial charge in [-0.1, -0.05) is 38.1 Å². The molecule has 0 spiro atoms. The van der Waals surface area contributed by atoms with Crippen molar-refractivity contribution in [3.63, 3.8) is 0 Å². The Hall–Kier alpha value is -0.820. The molecule has 1 aromatic carbocycles. The first kappa shape index (κ1) is 12.2. The van der Waals surface area contributed by atoms with Gasteiger partial charge in [0.15, 0.2) is 0 Å². The maximum atomic E-state index is 6.44. The highest BCUT2D eigenvalue weighted by Gasteiger charge is 2.55. The molecule has 0 aromatic heterocycles. The smallest absolute Gasteiger partial charge is 0.00760 e. The van der Waals surface area contributed by atoms with Crippen molar-refractivity contribution < 1.29 is 0 Å². The van der Waals surface area contributed by atoms with Gasteiger partial charge in [0.2, 0.25) is 0 Å². The van der Waals surface area contributed by atoms with Crippen LogP contribution in [-0.4, -0.2) is 6.04 Å². The van der Waals surface area contributed by atoms with Crippen LogP contribution in [0.3, 0.4) is 0 Å². The predicted octanol–water partition coefficient (Wildman–Crippen LogP) is 3.73. The van der Waals surface area contributed by atoms with Gasteiger partial charge in [0, 0.05) is 6.04 Å². The van der Waals surface area contributed by atoms with E-state index in [4.69, 9.17) is 5.73 Å². The Morgan fingerprint density at radius 1 is 1.22 bits per heavy atom. The SMILES string of the molecule is CC(C)CCC(N)C1C2CCc3ccccc3C21. The maximum Gasteiger partial charge on any atom is 0.00760 e. The van der Waals surface area contributed by atoms with Crippen LogP contribution in [0.1, 0.15) is 50.2 Å². The number of aryl methyl sites for hydroxylation is 1. The van der Waals surface area contributed by atoms with Crippen molar-refractivity contribution in [2.24, 2.45) is 23.5 Å². The average Bonchev–Trinajstić information content (AvgIpc) is 3.10. The van der Waals surface area contributed by atoms with E-state index in [9.17, 15) is 0 Å². The van der Waals surface area contributed by atoms with Crippen molar-refractivity contribution in [3.05, 3.63) is 35.4 Å². The first-order chi connectivity index (χ1) is 8.68. The van der Waals surface area contributed by atoms with Crippen LogP contribution in [0.25, 0.3) is 0 Å². The van der Waals surface area contributed by atoms with Crippen LogP contribution < -0.4 is 5.73 Å². The van der Waals surface area contributed by atoms with Crippen molar-refractivity contribution in [2.75, 3.05) is 0 Å². The molecule has 2 aliphatic carbocycles. The summed E-state index contributed by atoms with van der Waals surface area (Å²) < 4.78 is 0. The van der Waals surface area contributed by atoms with E-state index in [-0.39, 0.29) is 0 Å². The fourth-order valence-corrected chi connectivity index (χ4v) is 3.92. The molecule has 1 heteroatoms. The van der Waals surface area contributed by atoms with Crippen LogP contribution in [0, 0.1) is 17.8 Å². The first-order valence-corrected chi connectivity index (χ1v) is 7.52. The second-order valence-electron chi connectivity index (χ2n) is 6.64. The summed E-state index contributed by atoms with van der Waals surface area (Å²) in [7, 11) is 0. The van der Waals surface area contributed by atoms with E-state index in [0.29, 0.717) is 6.04 Å². The molecule has 0 aliphatic heterocycles. The molecule has 1 aromatic rings. The fourth-order valence-electron chi connectivity index (χ4n) is 3.92. The Morgan fingerprint density at radius 3 is 2.78 bits per heavy atom. The van der Waals surface area contributed by atoms with Gasteiger partial charge in [-0.2, -0.15) is 0 Å². The van der Waals surface area contributed by atoms with E-state index >= 15 is 0 Å². The minimum absolute atomic E-state index is 0.425. The standard InChI is InChI=1S/C17H25N/c1-11(2)7-10-15(18)17-14-9-8-12-5-3-4-6-13(12)16(14)17/h3-6,11,14-17H,7-10,18H2,1-2H3. The molecule has 3 rings (SSSR count). The lowest BCUT2D eigenvalue weighted by atomic mass is 9.92. The van der Waals surface area contributed by atoms with Gasteiger partial charge in [-0.05, 0) is 60.5 Å². The molecule has 0 heterocycles. The minimum atomic E-state index is 0.425. The molecule has 1 fully saturated rings. The lowest BCUT2D eigenvalue weighted by molar-refractivity contribution is 0.446. The van der Waals surface area contributed by atoms with Crippen molar-refractivity contribution in [1.82, 2.24) is 0 Å². The zero-order valence-corrected chi connectivity index (χ0v) is 11.6. The second kappa shape index (κ2) is 4.70. The molecule has 0 radical (unpaired) electrons. The number of nitrogens with two attached hydrogens (primary N) is 1. The van der Waals surface area contributed by atoms with Crippen molar-refractivity contribution in [1.29, 1.82) is 0 Å². The van der Waals surface area contributed by atoms with Crippen molar-refractivity contribution in [3.8, 4) is 0 Å². The molecule has 4 atom stereocenters. The van der Waals surface area contributed by atoms with Crippen LogP contribution in [0.4, 0.5) is 0 Å². The summed E-state index contributed by atoms with van der Waals surface area (Å²) in [4.78, 5) is 0. The third-order valence-corrected chi connectivity index (χ3v) is 4.96. The molecule has 98 valence electrons. The Morgan fingerprint density at radius 2 is 2.00 bits per heavy atom. The van der Waals surface area contributed by atoms with Crippen LogP contribution in [0.5, 0.6) is 0 Å². The predicted molar refractivity (Wildman–Crippen MR) is 76.5 cm³/mol. The highest BCUT2D eigenvalue weighted by Crippen LogP contribution is 2.61. The van der Waals surface area contributed by atoms with Gasteiger partial charge in [0.25, 0.3) is 0 Å². The van der Waals surface area contributed by atoms with Crippen LogP contribution >= 0.6 is 0 Å². The van der Waals surface area contributed by atoms with Crippen molar-refractivity contribution in [2.45, 2.75) is 51.5 Å². The van der Waals surface area contributed by atoms with Gasteiger partial charge >= 0.3 is 0 Å². The summed E-state index contributed by atoms with van der Waals surface area (Å²) in [5.74, 6) is 3.23. The Kier molecular flexibility index (Phi) is 3.19. The summed E-state index contributed by atoms with van der Waals surface area (Å²) in [6.07, 6.45) is 5.11. The quantitative estimate of drug-likeness (QED) is 0.857. The Bertz CT molecular complexity index is 423. The van der Waals surface area contributed by atoms with Gasteiger partial charge in [-0.15, -0.1) is 0 Å². The summed E-state index contributed by atoms with van der Waals surface area (Å²) >= 11 is 0. The molecule has 0 bridgehead atoms. The van der Waals surface area contributed by atoms with E-state index in [1.54, 1.807) is 11.1 Å². The summed E-state index contributed by atoms with van der Waals surface area (Å²) in [6, 6.07) is 9.43. The molecular weight excluding hydrogens is 218 g/mol. The van der Waals surface area contributed by atoms with E-state index < -0.39 is 0 Å². The molecule has 1 saturated carbocycles. The minimum Gasteiger partial charge on any atom is -0.327 e. The molecule has 2 N–H and O–H groups in total. The summed E-state index contributed by atoms with van der Waals surface area (Å²) in [5.41, 5.74) is 9.63. The molecule has 2 aliphatic rings. The number of fused-ring (bicyclic) bond motifs is 3. The van der Waals surface area contributed by atoms with Crippen LogP contribution in [-0.2, 0) is 6.42 Å². The average molecular weight is 243 g/mol. The van der Waals surface area contributed by atoms with Gasteiger partial charge in [-0.25, -0.2) is 0 Å². The second-order valence-corrected chi connectivity index (χ2v) is 6.64. The highest BCUT2D eigenvalue weighted by atomic mass is 14.7. The van der Waals surface area contributed by atoms with E-state index in [1.165, 1.54) is 25.7 Å². The lowest BCUT2D eigenvalue weighted by Gasteiger charge is -2.14. The lowest BCUT2D eigenvalue weighted by Crippen LogP contribution is -2.24. The largest absolute Gasteiger partial charge is 0.327 e. The first-order valence-electron chi connectivity index (χ1n) is 7.52. The molecule has 0 amide bonds. The maximum absolute atomic E-state index is 6.44. The normalized spacial score (nSPS) is 30.8. The van der Waals surface area contributed by atoms with E-state index in [1.807, 2.05) is 0 Å². The molecule has 1 nitrogen and oxygen atoms in total. The molecular formula is C17H25N. The fraction of sp³-hybridized carbons (Fsp3) is 0.647. The monoisotopic (exact) mass is 243 g/mol. The summed E-state index contributed by atoms with van der Waals surface area (Å²) in [5, 5.41) is 0. The van der Waals surface area contributed by atoms with Crippen LogP contribution in [0.15, 0.2) is 24.3 Å². The molecule has 0 saturated heterocycles. The third kappa shape index (κ3) is 2.09. The number of hydrogen-bond acceptors (Lipinski definition) is 1. The van der Waals surface area contributed by atoms with Gasteiger partial charge < -0.3 is 5.73 Å². The zero-order valence-electron chi connectivity index (χ0n) is 11.6. The number of benzene rings is 1. The topological polar surface area (TPSA) is 26.0 Å². The van der Waals surface area contributed by atoms with Crippen molar-refractivity contribution >= 4 is 0 Å². The highest BCUT2D eigenvalue weighted by molar-refractivity contribution is 5.39. The zero-order chi connectivity index (χ0) is 12.7. The van der Waals surface area contributed by atoms with Crippen LogP contribution in [0.2, 0.25) is 0 Å². The Labute approximate surface area is 111 Å². The van der Waals surface area contributed by atoms with Gasteiger partial charge in [0.05, 0.1) is 0 Å². The van der Waals surface area contributed by atoms with Gasteiger partial charge in [-0.3, -0.25) is 0 Å². The molecule has 4 unspecified atom stereocenters. The number of hydrogen-bond donors (Lipinski definition) is 1.